The summed E-state index contributed by atoms with van der Waals surface area (Å²) in [7, 11) is 0. The van der Waals surface area contributed by atoms with Crippen molar-refractivity contribution in [2.45, 2.75) is 6.92 Å². The van der Waals surface area contributed by atoms with E-state index in [1.807, 2.05) is 17.5 Å². The van der Waals surface area contributed by atoms with Crippen molar-refractivity contribution in [2.24, 2.45) is 0 Å². The molecule has 0 spiro atoms. The zero-order chi connectivity index (χ0) is 17.7. The molecule has 7 nitrogen and oxygen atoms in total. The van der Waals surface area contributed by atoms with E-state index in [2.05, 4.69) is 30.0 Å². The summed E-state index contributed by atoms with van der Waals surface area (Å²) in [6.45, 7) is 5.24. The van der Waals surface area contributed by atoms with Crippen molar-refractivity contribution in [1.82, 2.24) is 24.6 Å². The van der Waals surface area contributed by atoms with Gasteiger partial charge < -0.3 is 9.80 Å². The topological polar surface area (TPSA) is 62.5 Å². The first-order valence-electron chi connectivity index (χ1n) is 8.41. The number of hydrogen-bond donors (Lipinski definition) is 0. The van der Waals surface area contributed by atoms with Crippen molar-refractivity contribution in [3.05, 3.63) is 42.2 Å². The summed E-state index contributed by atoms with van der Waals surface area (Å²) in [6, 6.07) is 4.74. The van der Waals surface area contributed by atoms with E-state index in [0.29, 0.717) is 0 Å². The molecule has 0 amide bonds. The van der Waals surface area contributed by atoms with Gasteiger partial charge in [0.1, 0.15) is 11.6 Å². The molecule has 3 aromatic heterocycles. The smallest absolute Gasteiger partial charge is 0.203 e. The van der Waals surface area contributed by atoms with Crippen molar-refractivity contribution in [2.75, 3.05) is 36.0 Å². The lowest BCUT2D eigenvalue weighted by Crippen LogP contribution is -2.47. The van der Waals surface area contributed by atoms with Crippen LogP contribution in [0.25, 0.3) is 15.9 Å². The standard InChI is InChI=1S/C17H16FN7S/c1-11-21-22-16-15(19-4-5-25(11)16)23-6-8-24(9-7-23)17-20-13-3-2-12(18)10-14(13)26-17/h2-5,10H,6-9H2,1H3. The lowest BCUT2D eigenvalue weighted by atomic mass is 10.3. The monoisotopic (exact) mass is 369 g/mol. The number of hydrogen-bond acceptors (Lipinski definition) is 7. The molecule has 26 heavy (non-hydrogen) atoms. The van der Waals surface area contributed by atoms with E-state index in [4.69, 9.17) is 0 Å². The van der Waals surface area contributed by atoms with Gasteiger partial charge in [-0.25, -0.2) is 14.4 Å². The van der Waals surface area contributed by atoms with Gasteiger partial charge in [-0.3, -0.25) is 4.40 Å². The van der Waals surface area contributed by atoms with Crippen molar-refractivity contribution in [1.29, 1.82) is 0 Å². The molecule has 0 saturated carbocycles. The number of nitrogens with zero attached hydrogens (tertiary/aromatic N) is 7. The summed E-state index contributed by atoms with van der Waals surface area (Å²) in [5.41, 5.74) is 1.63. The molecule has 4 heterocycles. The minimum atomic E-state index is -0.222. The minimum Gasteiger partial charge on any atom is -0.350 e. The Balaban J connectivity index is 1.38. The van der Waals surface area contributed by atoms with Crippen molar-refractivity contribution in [3.8, 4) is 0 Å². The summed E-state index contributed by atoms with van der Waals surface area (Å²) < 4.78 is 16.2. The van der Waals surface area contributed by atoms with Crippen LogP contribution in [-0.2, 0) is 0 Å². The average Bonchev–Trinajstić information content (AvgIpc) is 3.25. The summed E-state index contributed by atoms with van der Waals surface area (Å²) in [5.74, 6) is 1.49. The molecule has 0 N–H and O–H groups in total. The maximum Gasteiger partial charge on any atom is 0.203 e. The van der Waals surface area contributed by atoms with Crippen LogP contribution in [0.2, 0.25) is 0 Å². The maximum atomic E-state index is 13.4. The highest BCUT2D eigenvalue weighted by Crippen LogP contribution is 2.30. The predicted molar refractivity (Wildman–Crippen MR) is 99.5 cm³/mol. The zero-order valence-electron chi connectivity index (χ0n) is 14.1. The molecular weight excluding hydrogens is 353 g/mol. The number of aromatic nitrogens is 5. The normalized spacial score (nSPS) is 15.3. The van der Waals surface area contributed by atoms with Gasteiger partial charge in [-0.05, 0) is 25.1 Å². The number of benzene rings is 1. The largest absolute Gasteiger partial charge is 0.350 e. The third kappa shape index (κ3) is 2.47. The van der Waals surface area contributed by atoms with Crippen LogP contribution in [0.1, 0.15) is 5.82 Å². The molecule has 1 aromatic carbocycles. The Morgan fingerprint density at radius 2 is 1.88 bits per heavy atom. The summed E-state index contributed by atoms with van der Waals surface area (Å²) in [6.07, 6.45) is 3.66. The Labute approximate surface area is 152 Å². The van der Waals surface area contributed by atoms with Gasteiger partial charge in [0.25, 0.3) is 0 Å². The zero-order valence-corrected chi connectivity index (χ0v) is 14.9. The Morgan fingerprint density at radius 3 is 2.73 bits per heavy atom. The molecule has 9 heteroatoms. The molecule has 0 unspecified atom stereocenters. The molecule has 0 aliphatic carbocycles. The SMILES string of the molecule is Cc1nnc2c(N3CCN(c4nc5ccc(F)cc5s4)CC3)nccn12. The second-order valence-electron chi connectivity index (χ2n) is 6.27. The first-order valence-corrected chi connectivity index (χ1v) is 9.23. The number of rotatable bonds is 2. The van der Waals surface area contributed by atoms with Crippen LogP contribution in [0, 0.1) is 12.7 Å². The fourth-order valence-corrected chi connectivity index (χ4v) is 4.32. The highest BCUT2D eigenvalue weighted by Gasteiger charge is 2.23. The first-order chi connectivity index (χ1) is 12.7. The van der Waals surface area contributed by atoms with E-state index in [9.17, 15) is 4.39 Å². The van der Waals surface area contributed by atoms with E-state index >= 15 is 0 Å². The molecule has 0 bridgehead atoms. The second kappa shape index (κ2) is 5.87. The van der Waals surface area contributed by atoms with Crippen LogP contribution >= 0.6 is 11.3 Å². The van der Waals surface area contributed by atoms with Gasteiger partial charge in [-0.1, -0.05) is 11.3 Å². The van der Waals surface area contributed by atoms with Crippen molar-refractivity contribution >= 4 is 38.2 Å². The van der Waals surface area contributed by atoms with E-state index in [0.717, 1.165) is 58.8 Å². The number of thiazole rings is 1. The van der Waals surface area contributed by atoms with Crippen LogP contribution in [0.5, 0.6) is 0 Å². The number of piperazine rings is 1. The Kier molecular flexibility index (Phi) is 3.49. The van der Waals surface area contributed by atoms with Gasteiger partial charge in [0, 0.05) is 38.6 Å². The van der Waals surface area contributed by atoms with E-state index in [1.54, 1.807) is 18.3 Å². The average molecular weight is 369 g/mol. The van der Waals surface area contributed by atoms with Crippen molar-refractivity contribution in [3.63, 3.8) is 0 Å². The van der Waals surface area contributed by atoms with Gasteiger partial charge in [0.05, 0.1) is 10.2 Å². The predicted octanol–water partition coefficient (Wildman–Crippen LogP) is 2.51. The lowest BCUT2D eigenvalue weighted by molar-refractivity contribution is 0.630. The van der Waals surface area contributed by atoms with E-state index in [1.165, 1.54) is 17.4 Å². The number of halogens is 1. The molecule has 1 saturated heterocycles. The number of aryl methyl sites for hydroxylation is 1. The fourth-order valence-electron chi connectivity index (χ4n) is 3.28. The molecule has 4 aromatic rings. The Bertz CT molecular complexity index is 1100. The lowest BCUT2D eigenvalue weighted by Gasteiger charge is -2.35. The molecule has 0 radical (unpaired) electrons. The third-order valence-corrected chi connectivity index (χ3v) is 5.75. The molecule has 0 atom stereocenters. The molecule has 1 aliphatic heterocycles. The molecule has 1 fully saturated rings. The van der Waals surface area contributed by atoms with Gasteiger partial charge >= 0.3 is 0 Å². The van der Waals surface area contributed by atoms with Crippen LogP contribution in [0.3, 0.4) is 0 Å². The molecule has 5 rings (SSSR count). The molecule has 1 aliphatic rings. The van der Waals surface area contributed by atoms with Crippen LogP contribution < -0.4 is 9.80 Å². The molecule has 132 valence electrons. The number of fused-ring (bicyclic) bond motifs is 2. The highest BCUT2D eigenvalue weighted by atomic mass is 32.1. The van der Waals surface area contributed by atoms with Crippen LogP contribution in [-0.4, -0.2) is 50.7 Å². The number of anilines is 2. The Hall–Kier alpha value is -2.81. The Morgan fingerprint density at radius 1 is 1.08 bits per heavy atom. The van der Waals surface area contributed by atoms with E-state index in [-0.39, 0.29) is 5.82 Å². The van der Waals surface area contributed by atoms with Crippen molar-refractivity contribution < 1.29 is 4.39 Å². The quantitative estimate of drug-likeness (QED) is 0.541. The summed E-state index contributed by atoms with van der Waals surface area (Å²) in [5, 5.41) is 9.34. The van der Waals surface area contributed by atoms with Gasteiger partial charge in [0.15, 0.2) is 10.9 Å². The van der Waals surface area contributed by atoms with Gasteiger partial charge in [0.2, 0.25) is 5.65 Å². The molecular formula is C17H16FN7S. The second-order valence-corrected chi connectivity index (χ2v) is 7.28. The van der Waals surface area contributed by atoms with E-state index < -0.39 is 0 Å². The first kappa shape index (κ1) is 15.4. The highest BCUT2D eigenvalue weighted by molar-refractivity contribution is 7.22. The van der Waals surface area contributed by atoms with Gasteiger partial charge in [-0.15, -0.1) is 10.2 Å². The third-order valence-electron chi connectivity index (χ3n) is 4.67. The van der Waals surface area contributed by atoms with Gasteiger partial charge in [-0.2, -0.15) is 0 Å². The fraction of sp³-hybridized carbons (Fsp3) is 0.294. The minimum absolute atomic E-state index is 0.222. The van der Waals surface area contributed by atoms with Crippen LogP contribution in [0.15, 0.2) is 30.6 Å². The maximum absolute atomic E-state index is 13.4. The summed E-state index contributed by atoms with van der Waals surface area (Å²) in [4.78, 5) is 13.6. The summed E-state index contributed by atoms with van der Waals surface area (Å²) >= 11 is 1.54. The van der Waals surface area contributed by atoms with Crippen LogP contribution in [0.4, 0.5) is 15.3 Å².